The second kappa shape index (κ2) is 7.36. The molecule has 2 N–H and O–H groups in total. The molecule has 6 heteroatoms. The lowest BCUT2D eigenvalue weighted by molar-refractivity contribution is -0.145. The van der Waals surface area contributed by atoms with E-state index in [-0.39, 0.29) is 30.2 Å². The highest BCUT2D eigenvalue weighted by Gasteiger charge is 2.46. The quantitative estimate of drug-likeness (QED) is 0.640. The Balaban J connectivity index is 1.97. The lowest BCUT2D eigenvalue weighted by Gasteiger charge is -2.45. The van der Waals surface area contributed by atoms with Crippen LogP contribution in [0, 0.1) is 11.7 Å². The number of hydrogen-bond acceptors (Lipinski definition) is 5. The number of carbonyl (C=O) groups is 1. The van der Waals surface area contributed by atoms with Gasteiger partial charge in [-0.15, -0.1) is 11.8 Å². The van der Waals surface area contributed by atoms with Crippen LogP contribution in [0.15, 0.2) is 23.2 Å². The second-order valence-corrected chi connectivity index (χ2v) is 8.23. The summed E-state index contributed by atoms with van der Waals surface area (Å²) in [6.07, 6.45) is 3.96. The topological polar surface area (TPSA) is 64.7 Å². The van der Waals surface area contributed by atoms with Gasteiger partial charge in [0.25, 0.3) is 0 Å². The van der Waals surface area contributed by atoms with Crippen molar-refractivity contribution in [2.45, 2.75) is 57.6 Å². The Kier molecular flexibility index (Phi) is 5.37. The minimum Gasteiger partial charge on any atom is -0.463 e. The summed E-state index contributed by atoms with van der Waals surface area (Å²) in [5, 5.41) is 0.741. The summed E-state index contributed by atoms with van der Waals surface area (Å²) in [5.74, 6) is 0.578. The van der Waals surface area contributed by atoms with Crippen molar-refractivity contribution < 1.29 is 13.9 Å². The summed E-state index contributed by atoms with van der Waals surface area (Å²) in [6, 6.07) is 4.72. The van der Waals surface area contributed by atoms with Crippen LogP contribution in [0.3, 0.4) is 0 Å². The van der Waals surface area contributed by atoms with Crippen LogP contribution in [0.4, 0.5) is 10.1 Å². The molecular weight excluding hydrogens is 339 g/mol. The fourth-order valence-corrected chi connectivity index (χ4v) is 5.14. The molecule has 1 aromatic rings. The molecule has 25 heavy (non-hydrogen) atoms. The Morgan fingerprint density at radius 2 is 2.28 bits per heavy atom. The van der Waals surface area contributed by atoms with Crippen LogP contribution in [-0.2, 0) is 15.1 Å². The molecule has 3 rings (SSSR count). The number of rotatable bonds is 4. The van der Waals surface area contributed by atoms with Gasteiger partial charge < -0.3 is 10.5 Å². The van der Waals surface area contributed by atoms with Gasteiger partial charge in [-0.05, 0) is 50.8 Å². The Labute approximate surface area is 152 Å². The number of hydrogen-bond donors (Lipinski definition) is 1. The number of nitrogen functional groups attached to an aromatic ring is 1. The number of fused-ring (bicyclic) bond motifs is 1. The fourth-order valence-electron chi connectivity index (χ4n) is 3.86. The molecule has 2 aliphatic rings. The van der Waals surface area contributed by atoms with Crippen molar-refractivity contribution in [3.8, 4) is 0 Å². The molecule has 1 aliphatic carbocycles. The van der Waals surface area contributed by atoms with Gasteiger partial charge in [0.2, 0.25) is 0 Å². The Bertz CT molecular complexity index is 692. The average Bonchev–Trinajstić information content (AvgIpc) is 2.56. The zero-order valence-electron chi connectivity index (χ0n) is 14.8. The smallest absolute Gasteiger partial charge is 0.312 e. The minimum absolute atomic E-state index is 0.149. The number of ether oxygens (including phenoxy) is 1. The van der Waals surface area contributed by atoms with Crippen molar-refractivity contribution in [3.05, 3.63) is 29.6 Å². The van der Waals surface area contributed by atoms with Gasteiger partial charge in [-0.1, -0.05) is 12.8 Å². The van der Waals surface area contributed by atoms with E-state index in [1.807, 2.05) is 13.8 Å². The number of carbonyl (C=O) groups excluding carboxylic acids is 1. The Hall–Kier alpha value is -1.56. The zero-order chi connectivity index (χ0) is 18.0. The maximum atomic E-state index is 14.7. The van der Waals surface area contributed by atoms with Gasteiger partial charge in [0.05, 0.1) is 23.1 Å². The fraction of sp³-hybridized carbons (Fsp3) is 0.579. The summed E-state index contributed by atoms with van der Waals surface area (Å²) >= 11 is 1.60. The number of thioether (sulfide) groups is 1. The molecule has 0 unspecified atom stereocenters. The molecule has 0 spiro atoms. The van der Waals surface area contributed by atoms with Gasteiger partial charge >= 0.3 is 5.97 Å². The van der Waals surface area contributed by atoms with Gasteiger partial charge in [0.15, 0.2) is 0 Å². The molecule has 0 aromatic heterocycles. The molecule has 136 valence electrons. The van der Waals surface area contributed by atoms with Crippen molar-refractivity contribution in [3.63, 3.8) is 0 Å². The van der Waals surface area contributed by atoms with Crippen LogP contribution < -0.4 is 5.73 Å². The van der Waals surface area contributed by atoms with Gasteiger partial charge in [-0.2, -0.15) is 0 Å². The van der Waals surface area contributed by atoms with Crippen LogP contribution in [0.2, 0.25) is 0 Å². The van der Waals surface area contributed by atoms with E-state index >= 15 is 0 Å². The lowest BCUT2D eigenvalue weighted by atomic mass is 9.69. The van der Waals surface area contributed by atoms with E-state index in [2.05, 4.69) is 0 Å². The maximum Gasteiger partial charge on any atom is 0.312 e. The molecule has 0 bridgehead atoms. The molecule has 1 heterocycles. The number of nitrogens with zero attached hydrogens (tertiary/aromatic N) is 1. The van der Waals surface area contributed by atoms with Crippen LogP contribution in [-0.4, -0.2) is 22.9 Å². The first kappa shape index (κ1) is 18.2. The highest BCUT2D eigenvalue weighted by atomic mass is 32.2. The maximum absolute atomic E-state index is 14.7. The molecule has 4 nitrogen and oxygen atoms in total. The van der Waals surface area contributed by atoms with Gasteiger partial charge in [-0.25, -0.2) is 4.39 Å². The largest absolute Gasteiger partial charge is 0.463 e. The normalized spacial score (nSPS) is 26.1. The number of anilines is 1. The van der Waals surface area contributed by atoms with E-state index in [0.29, 0.717) is 11.3 Å². The minimum atomic E-state index is -0.601. The van der Waals surface area contributed by atoms with Crippen molar-refractivity contribution in [1.82, 2.24) is 0 Å². The third-order valence-corrected chi connectivity index (χ3v) is 6.07. The second-order valence-electron chi connectivity index (χ2n) is 7.14. The SMILES string of the molecule is CC(C)OC(=O)CC1=N[C@@]2(c3cc(N)ccc3F)CCCC[C@H]2CS1. The number of aliphatic imine (C=N–C) groups is 1. The van der Waals surface area contributed by atoms with Crippen molar-refractivity contribution in [2.75, 3.05) is 11.5 Å². The first-order valence-electron chi connectivity index (χ1n) is 8.87. The van der Waals surface area contributed by atoms with Crippen molar-refractivity contribution in [2.24, 2.45) is 10.9 Å². The number of esters is 1. The molecule has 1 saturated carbocycles. The molecule has 1 fully saturated rings. The molecule has 0 saturated heterocycles. The molecule has 2 atom stereocenters. The van der Waals surface area contributed by atoms with Crippen LogP contribution >= 0.6 is 11.8 Å². The first-order chi connectivity index (χ1) is 11.9. The predicted octanol–water partition coefficient (Wildman–Crippen LogP) is 4.28. The summed E-state index contributed by atoms with van der Waals surface area (Å²) in [4.78, 5) is 17.0. The summed E-state index contributed by atoms with van der Waals surface area (Å²) in [7, 11) is 0. The number of nitrogens with two attached hydrogens (primary N) is 1. The summed E-state index contributed by atoms with van der Waals surface area (Å²) < 4.78 is 19.9. The average molecular weight is 364 g/mol. The van der Waals surface area contributed by atoms with E-state index in [4.69, 9.17) is 15.5 Å². The van der Waals surface area contributed by atoms with Crippen LogP contribution in [0.1, 0.15) is 51.5 Å². The third-order valence-electron chi connectivity index (χ3n) is 4.93. The van der Waals surface area contributed by atoms with Crippen LogP contribution in [0.5, 0.6) is 0 Å². The molecular formula is C19H25FN2O2S. The van der Waals surface area contributed by atoms with Crippen LogP contribution in [0.25, 0.3) is 0 Å². The Morgan fingerprint density at radius 1 is 1.48 bits per heavy atom. The lowest BCUT2D eigenvalue weighted by Crippen LogP contribution is -2.42. The van der Waals surface area contributed by atoms with Gasteiger partial charge in [-0.3, -0.25) is 9.79 Å². The summed E-state index contributed by atoms with van der Waals surface area (Å²) in [6.45, 7) is 3.66. The van der Waals surface area contributed by atoms with E-state index in [9.17, 15) is 9.18 Å². The molecule has 1 aliphatic heterocycles. The Morgan fingerprint density at radius 3 is 3.04 bits per heavy atom. The standard InChI is InChI=1S/C19H25FN2O2S/c1-12(2)24-18(23)10-17-22-19(8-4-3-5-13(19)11-25-17)15-9-14(21)6-7-16(15)20/h6-7,9,12-13H,3-5,8,10-11,21H2,1-2H3/t13-,19-/m0/s1. The highest BCUT2D eigenvalue weighted by Crippen LogP contribution is 2.50. The van der Waals surface area contributed by atoms with E-state index in [1.165, 1.54) is 6.07 Å². The van der Waals surface area contributed by atoms with Crippen molar-refractivity contribution >= 4 is 28.5 Å². The van der Waals surface area contributed by atoms with E-state index < -0.39 is 5.54 Å². The predicted molar refractivity (Wildman–Crippen MR) is 100 cm³/mol. The molecule has 1 aromatic carbocycles. The summed E-state index contributed by atoms with van der Waals surface area (Å²) in [5.41, 5.74) is 6.45. The monoisotopic (exact) mass is 364 g/mol. The molecule has 0 amide bonds. The number of halogens is 1. The van der Waals surface area contributed by atoms with E-state index in [0.717, 1.165) is 36.5 Å². The number of benzene rings is 1. The third kappa shape index (κ3) is 3.84. The van der Waals surface area contributed by atoms with E-state index in [1.54, 1.807) is 23.9 Å². The molecule has 0 radical (unpaired) electrons. The zero-order valence-corrected chi connectivity index (χ0v) is 15.6. The van der Waals surface area contributed by atoms with Crippen molar-refractivity contribution in [1.29, 1.82) is 0 Å². The van der Waals surface area contributed by atoms with Gasteiger partial charge in [0, 0.05) is 17.0 Å². The highest BCUT2D eigenvalue weighted by molar-refractivity contribution is 8.14. The first-order valence-corrected chi connectivity index (χ1v) is 9.86. The van der Waals surface area contributed by atoms with Gasteiger partial charge in [0.1, 0.15) is 5.82 Å².